The van der Waals surface area contributed by atoms with E-state index in [9.17, 15) is 0 Å². The van der Waals surface area contributed by atoms with E-state index in [-0.39, 0.29) is 0 Å². The van der Waals surface area contributed by atoms with Crippen molar-refractivity contribution in [3.8, 4) is 11.8 Å². The molecule has 0 aliphatic rings. The van der Waals surface area contributed by atoms with E-state index in [2.05, 4.69) is 30.9 Å². The number of ether oxygens (including phenoxy) is 1. The van der Waals surface area contributed by atoms with Gasteiger partial charge in [0.2, 0.25) is 0 Å². The number of imidazole rings is 1. The lowest BCUT2D eigenvalue weighted by Crippen LogP contribution is -2.16. The Morgan fingerprint density at radius 2 is 2.00 bits per heavy atom. The van der Waals surface area contributed by atoms with Crippen LogP contribution in [0.1, 0.15) is 12.0 Å². The number of aryl methyl sites for hydroxylation is 1. The van der Waals surface area contributed by atoms with Crippen molar-refractivity contribution in [2.75, 3.05) is 6.54 Å². The third-order valence-electron chi connectivity index (χ3n) is 3.31. The molecule has 2 aromatic heterocycles. The van der Waals surface area contributed by atoms with E-state index in [1.54, 1.807) is 24.7 Å². The Morgan fingerprint density at radius 1 is 1.09 bits per heavy atom. The highest BCUT2D eigenvalue weighted by molar-refractivity contribution is 5.30. The number of rotatable bonds is 8. The molecule has 6 heteroatoms. The van der Waals surface area contributed by atoms with Gasteiger partial charge in [0, 0.05) is 37.9 Å². The SMILES string of the molecule is c1cnc(Oc2cccc(CNCCCn3ccnc3)c2)nc1. The number of aromatic nitrogens is 4. The summed E-state index contributed by atoms with van der Waals surface area (Å²) in [4.78, 5) is 12.1. The minimum absolute atomic E-state index is 0.359. The molecule has 0 spiro atoms. The summed E-state index contributed by atoms with van der Waals surface area (Å²) >= 11 is 0. The van der Waals surface area contributed by atoms with Gasteiger partial charge in [0.05, 0.1) is 6.33 Å². The van der Waals surface area contributed by atoms with Crippen LogP contribution in [0, 0.1) is 0 Å². The molecule has 0 aliphatic carbocycles. The molecular weight excluding hydrogens is 290 g/mol. The van der Waals surface area contributed by atoms with Crippen molar-refractivity contribution in [2.45, 2.75) is 19.5 Å². The Balaban J connectivity index is 1.44. The first-order chi connectivity index (χ1) is 11.4. The number of nitrogens with one attached hydrogen (secondary N) is 1. The fourth-order valence-corrected chi connectivity index (χ4v) is 2.20. The first kappa shape index (κ1) is 15.2. The Hall–Kier alpha value is -2.73. The molecule has 3 rings (SSSR count). The van der Waals surface area contributed by atoms with E-state index in [0.717, 1.165) is 31.8 Å². The number of nitrogens with zero attached hydrogens (tertiary/aromatic N) is 4. The molecule has 0 saturated heterocycles. The van der Waals surface area contributed by atoms with E-state index in [4.69, 9.17) is 4.74 Å². The van der Waals surface area contributed by atoms with Crippen molar-refractivity contribution in [3.63, 3.8) is 0 Å². The van der Waals surface area contributed by atoms with Gasteiger partial charge in [0.15, 0.2) is 0 Å². The van der Waals surface area contributed by atoms with Gasteiger partial charge >= 0.3 is 6.01 Å². The zero-order chi connectivity index (χ0) is 15.7. The first-order valence-electron chi connectivity index (χ1n) is 7.60. The van der Waals surface area contributed by atoms with Crippen molar-refractivity contribution >= 4 is 0 Å². The Kier molecular flexibility index (Phi) is 5.31. The molecule has 0 atom stereocenters. The molecule has 6 nitrogen and oxygen atoms in total. The van der Waals surface area contributed by atoms with Crippen molar-refractivity contribution in [1.29, 1.82) is 0 Å². The lowest BCUT2D eigenvalue weighted by Gasteiger charge is -2.08. The second-order valence-electron chi connectivity index (χ2n) is 5.11. The van der Waals surface area contributed by atoms with Gasteiger partial charge in [0.1, 0.15) is 5.75 Å². The third-order valence-corrected chi connectivity index (χ3v) is 3.31. The van der Waals surface area contributed by atoms with Crippen LogP contribution in [0.15, 0.2) is 61.4 Å². The summed E-state index contributed by atoms with van der Waals surface area (Å²) < 4.78 is 7.71. The average molecular weight is 309 g/mol. The van der Waals surface area contributed by atoms with Crippen LogP contribution < -0.4 is 10.1 Å². The van der Waals surface area contributed by atoms with Gasteiger partial charge in [-0.15, -0.1) is 0 Å². The Morgan fingerprint density at radius 3 is 2.83 bits per heavy atom. The van der Waals surface area contributed by atoms with Crippen molar-refractivity contribution in [1.82, 2.24) is 24.8 Å². The molecule has 0 amide bonds. The van der Waals surface area contributed by atoms with Crippen LogP contribution in [0.5, 0.6) is 11.8 Å². The number of benzene rings is 1. The molecule has 0 aliphatic heterocycles. The van der Waals surface area contributed by atoms with Crippen LogP contribution in [-0.4, -0.2) is 26.1 Å². The third kappa shape index (κ3) is 4.89. The second kappa shape index (κ2) is 8.05. The summed E-state index contributed by atoms with van der Waals surface area (Å²) in [7, 11) is 0. The standard InChI is InChI=1S/C17H19N5O/c1-4-15(13-18-6-3-10-22-11-9-19-14-22)12-16(5-1)23-17-20-7-2-8-21-17/h1-2,4-5,7-9,11-12,14,18H,3,6,10,13H2. The van der Waals surface area contributed by atoms with Crippen LogP contribution in [0.4, 0.5) is 0 Å². The van der Waals surface area contributed by atoms with Gasteiger partial charge in [0.25, 0.3) is 0 Å². The molecule has 2 heterocycles. The monoisotopic (exact) mass is 309 g/mol. The lowest BCUT2D eigenvalue weighted by atomic mass is 10.2. The fraction of sp³-hybridized carbons (Fsp3) is 0.235. The predicted octanol–water partition coefficient (Wildman–Crippen LogP) is 2.65. The van der Waals surface area contributed by atoms with E-state index < -0.39 is 0 Å². The van der Waals surface area contributed by atoms with Gasteiger partial charge in [-0.2, -0.15) is 0 Å². The predicted molar refractivity (Wildman–Crippen MR) is 87.1 cm³/mol. The molecule has 0 radical (unpaired) electrons. The first-order valence-corrected chi connectivity index (χ1v) is 7.60. The quantitative estimate of drug-likeness (QED) is 0.648. The summed E-state index contributed by atoms with van der Waals surface area (Å²) in [6.45, 7) is 2.73. The van der Waals surface area contributed by atoms with Gasteiger partial charge in [-0.25, -0.2) is 15.0 Å². The molecule has 1 N–H and O–H groups in total. The van der Waals surface area contributed by atoms with Gasteiger partial charge in [-0.05, 0) is 36.7 Å². The highest BCUT2D eigenvalue weighted by Gasteiger charge is 2.00. The summed E-state index contributed by atoms with van der Waals surface area (Å²) in [5, 5.41) is 3.43. The van der Waals surface area contributed by atoms with Crippen LogP contribution in [0.25, 0.3) is 0 Å². The van der Waals surface area contributed by atoms with E-state index in [1.165, 1.54) is 5.56 Å². The zero-order valence-corrected chi connectivity index (χ0v) is 12.8. The molecule has 23 heavy (non-hydrogen) atoms. The fourth-order valence-electron chi connectivity index (χ4n) is 2.20. The highest BCUT2D eigenvalue weighted by Crippen LogP contribution is 2.18. The molecule has 0 unspecified atom stereocenters. The maximum atomic E-state index is 5.64. The van der Waals surface area contributed by atoms with Gasteiger partial charge < -0.3 is 14.6 Å². The van der Waals surface area contributed by atoms with Crippen LogP contribution >= 0.6 is 0 Å². The molecule has 1 aromatic carbocycles. The van der Waals surface area contributed by atoms with Gasteiger partial charge in [-0.1, -0.05) is 12.1 Å². The molecule has 0 fully saturated rings. The van der Waals surface area contributed by atoms with Crippen LogP contribution in [0.3, 0.4) is 0 Å². The van der Waals surface area contributed by atoms with Crippen LogP contribution in [-0.2, 0) is 13.1 Å². The minimum atomic E-state index is 0.359. The summed E-state index contributed by atoms with van der Waals surface area (Å²) in [6.07, 6.45) is 10.0. The molecule has 118 valence electrons. The summed E-state index contributed by atoms with van der Waals surface area (Å²) in [6, 6.07) is 10.1. The van der Waals surface area contributed by atoms with Gasteiger partial charge in [-0.3, -0.25) is 0 Å². The Labute approximate surface area is 135 Å². The zero-order valence-electron chi connectivity index (χ0n) is 12.8. The van der Waals surface area contributed by atoms with E-state index in [0.29, 0.717) is 6.01 Å². The molecule has 0 saturated carbocycles. The number of hydrogen-bond donors (Lipinski definition) is 1. The lowest BCUT2D eigenvalue weighted by molar-refractivity contribution is 0.441. The topological polar surface area (TPSA) is 64.9 Å². The summed E-state index contributed by atoms with van der Waals surface area (Å²) in [5.74, 6) is 0.744. The molecule has 3 aromatic rings. The maximum Gasteiger partial charge on any atom is 0.321 e. The Bertz CT molecular complexity index is 700. The highest BCUT2D eigenvalue weighted by atomic mass is 16.5. The van der Waals surface area contributed by atoms with Crippen molar-refractivity contribution < 1.29 is 4.74 Å². The van der Waals surface area contributed by atoms with Crippen molar-refractivity contribution in [2.24, 2.45) is 0 Å². The molecular formula is C17H19N5O. The van der Waals surface area contributed by atoms with Crippen LogP contribution in [0.2, 0.25) is 0 Å². The van der Waals surface area contributed by atoms with E-state index in [1.807, 2.05) is 30.7 Å². The smallest absolute Gasteiger partial charge is 0.321 e. The van der Waals surface area contributed by atoms with E-state index >= 15 is 0 Å². The second-order valence-corrected chi connectivity index (χ2v) is 5.11. The molecule has 0 bridgehead atoms. The maximum absolute atomic E-state index is 5.64. The largest absolute Gasteiger partial charge is 0.424 e. The van der Waals surface area contributed by atoms with Crippen molar-refractivity contribution in [3.05, 3.63) is 67.0 Å². The minimum Gasteiger partial charge on any atom is -0.424 e. The average Bonchev–Trinajstić information content (AvgIpc) is 3.09. The normalized spacial score (nSPS) is 10.6. The summed E-state index contributed by atoms with van der Waals surface area (Å²) in [5.41, 5.74) is 1.17. The number of hydrogen-bond acceptors (Lipinski definition) is 5.